The van der Waals surface area contributed by atoms with E-state index in [0.717, 1.165) is 6.42 Å². The molecule has 0 spiro atoms. The summed E-state index contributed by atoms with van der Waals surface area (Å²) in [6.07, 6.45) is 4.83. The van der Waals surface area contributed by atoms with Crippen LogP contribution in [0.5, 0.6) is 0 Å². The highest BCUT2D eigenvalue weighted by molar-refractivity contribution is 6.46. The normalized spacial score (nSPS) is 13.2. The van der Waals surface area contributed by atoms with Gasteiger partial charge in [-0.15, -0.1) is 0 Å². The number of rotatable bonds is 13. The molecular formula is C13H30O4Si. The summed E-state index contributed by atoms with van der Waals surface area (Å²) in [7, 11) is 1.79. The summed E-state index contributed by atoms with van der Waals surface area (Å²) in [4.78, 5) is 0. The molecule has 0 amide bonds. The minimum absolute atomic E-state index is 0.596. The second-order valence-electron chi connectivity index (χ2n) is 4.41. The predicted octanol–water partition coefficient (Wildman–Crippen LogP) is 2.50. The van der Waals surface area contributed by atoms with Crippen molar-refractivity contribution < 1.29 is 18.3 Å². The van der Waals surface area contributed by atoms with Crippen LogP contribution in [0.2, 0.25) is 5.54 Å². The minimum atomic E-state index is -1.60. The fourth-order valence-electron chi connectivity index (χ4n) is 1.81. The van der Waals surface area contributed by atoms with Gasteiger partial charge in [-0.05, 0) is 12.0 Å². The van der Waals surface area contributed by atoms with Crippen LogP contribution in [0.4, 0.5) is 0 Å². The van der Waals surface area contributed by atoms with E-state index in [1.165, 1.54) is 19.3 Å². The smallest absolute Gasteiger partial charge is 0.324 e. The minimum Gasteiger partial charge on any atom is -0.394 e. The monoisotopic (exact) mass is 278 g/mol. The van der Waals surface area contributed by atoms with E-state index in [-0.39, 0.29) is 0 Å². The zero-order valence-electron chi connectivity index (χ0n) is 12.4. The summed E-state index contributed by atoms with van der Waals surface area (Å²) >= 11 is 0. The van der Waals surface area contributed by atoms with Crippen molar-refractivity contribution in [2.24, 2.45) is 0 Å². The van der Waals surface area contributed by atoms with Gasteiger partial charge in [0, 0.05) is 14.2 Å². The van der Waals surface area contributed by atoms with Crippen molar-refractivity contribution in [2.45, 2.75) is 45.1 Å². The van der Waals surface area contributed by atoms with Crippen molar-refractivity contribution in [3.63, 3.8) is 0 Å². The van der Waals surface area contributed by atoms with Gasteiger partial charge in [-0.25, -0.2) is 0 Å². The van der Waals surface area contributed by atoms with Gasteiger partial charge in [-0.3, -0.25) is 0 Å². The van der Waals surface area contributed by atoms with E-state index in [0.29, 0.717) is 32.0 Å². The molecule has 0 aromatic rings. The van der Waals surface area contributed by atoms with Gasteiger partial charge < -0.3 is 18.3 Å². The van der Waals surface area contributed by atoms with Gasteiger partial charge in [0.25, 0.3) is 0 Å². The number of methoxy groups -OCH3 is 2. The van der Waals surface area contributed by atoms with Gasteiger partial charge in [-0.1, -0.05) is 33.1 Å². The lowest BCUT2D eigenvalue weighted by atomic mass is 10.2. The third-order valence-electron chi connectivity index (χ3n) is 2.98. The molecule has 0 radical (unpaired) electrons. The molecule has 0 aliphatic carbocycles. The SMILES string of the molecule is CCCCC(CC)[SiH](OCCOC)OCCOC. The van der Waals surface area contributed by atoms with Crippen molar-refractivity contribution >= 4 is 9.28 Å². The molecule has 0 rings (SSSR count). The third-order valence-corrected chi connectivity index (χ3v) is 5.68. The van der Waals surface area contributed by atoms with Crippen molar-refractivity contribution in [1.29, 1.82) is 0 Å². The summed E-state index contributed by atoms with van der Waals surface area (Å²) in [6.45, 7) is 7.01. The summed E-state index contributed by atoms with van der Waals surface area (Å²) in [5, 5.41) is 0. The predicted molar refractivity (Wildman–Crippen MR) is 76.4 cm³/mol. The second-order valence-corrected chi connectivity index (χ2v) is 6.75. The molecule has 18 heavy (non-hydrogen) atoms. The lowest BCUT2D eigenvalue weighted by Gasteiger charge is -2.24. The number of hydrogen-bond acceptors (Lipinski definition) is 4. The molecule has 0 saturated carbocycles. The lowest BCUT2D eigenvalue weighted by Crippen LogP contribution is -2.31. The third kappa shape index (κ3) is 9.05. The molecule has 0 bridgehead atoms. The molecule has 4 nitrogen and oxygen atoms in total. The molecule has 5 heteroatoms. The van der Waals surface area contributed by atoms with Gasteiger partial charge in [-0.2, -0.15) is 0 Å². The number of ether oxygens (including phenoxy) is 2. The Bertz CT molecular complexity index is 159. The Balaban J connectivity index is 4.11. The van der Waals surface area contributed by atoms with Crippen molar-refractivity contribution in [3.05, 3.63) is 0 Å². The van der Waals surface area contributed by atoms with Crippen LogP contribution < -0.4 is 0 Å². The molecule has 0 saturated heterocycles. The summed E-state index contributed by atoms with van der Waals surface area (Å²) in [6, 6.07) is 0. The molecule has 0 aromatic heterocycles. The van der Waals surface area contributed by atoms with Gasteiger partial charge >= 0.3 is 9.28 Å². The Morgan fingerprint density at radius 2 is 1.44 bits per heavy atom. The molecule has 0 aliphatic rings. The molecule has 0 aromatic carbocycles. The first-order valence-electron chi connectivity index (χ1n) is 7.01. The van der Waals surface area contributed by atoms with E-state index in [1.54, 1.807) is 14.2 Å². The van der Waals surface area contributed by atoms with Crippen molar-refractivity contribution in [3.8, 4) is 0 Å². The topological polar surface area (TPSA) is 36.9 Å². The zero-order valence-corrected chi connectivity index (χ0v) is 13.6. The van der Waals surface area contributed by atoms with Crippen LogP contribution in [0.3, 0.4) is 0 Å². The molecule has 0 fully saturated rings. The molecular weight excluding hydrogens is 248 g/mol. The molecule has 110 valence electrons. The highest BCUT2D eigenvalue weighted by Crippen LogP contribution is 2.24. The van der Waals surface area contributed by atoms with Crippen LogP contribution in [0.1, 0.15) is 39.5 Å². The molecule has 1 atom stereocenters. The van der Waals surface area contributed by atoms with Gasteiger partial charge in [0.1, 0.15) is 0 Å². The maximum Gasteiger partial charge on any atom is 0.324 e. The van der Waals surface area contributed by atoms with Crippen molar-refractivity contribution in [2.75, 3.05) is 40.6 Å². The Morgan fingerprint density at radius 1 is 0.889 bits per heavy atom. The van der Waals surface area contributed by atoms with Crippen LogP contribution >= 0.6 is 0 Å². The van der Waals surface area contributed by atoms with Crippen LogP contribution in [0, 0.1) is 0 Å². The zero-order chi connectivity index (χ0) is 13.6. The highest BCUT2D eigenvalue weighted by atomic mass is 28.3. The van der Waals surface area contributed by atoms with Gasteiger partial charge in [0.05, 0.1) is 26.4 Å². The van der Waals surface area contributed by atoms with Gasteiger partial charge in [0.15, 0.2) is 0 Å². The van der Waals surface area contributed by atoms with Gasteiger partial charge in [0.2, 0.25) is 0 Å². The average molecular weight is 278 g/mol. The Hall–Kier alpha value is 0.0569. The maximum atomic E-state index is 5.92. The summed E-state index contributed by atoms with van der Waals surface area (Å²) in [5.74, 6) is 0. The molecule has 0 N–H and O–H groups in total. The van der Waals surface area contributed by atoms with Crippen LogP contribution in [0.15, 0.2) is 0 Å². The quantitative estimate of drug-likeness (QED) is 0.383. The van der Waals surface area contributed by atoms with E-state index in [2.05, 4.69) is 13.8 Å². The summed E-state index contributed by atoms with van der Waals surface area (Å²) < 4.78 is 21.9. The molecule has 0 aliphatic heterocycles. The van der Waals surface area contributed by atoms with Crippen LogP contribution in [-0.2, 0) is 18.3 Å². The number of hydrogen-bond donors (Lipinski definition) is 0. The standard InChI is InChI=1S/C13H30O4Si/c1-5-7-8-13(6-2)18(16-11-9-14-3)17-12-10-15-4/h13,18H,5-12H2,1-4H3. The largest absolute Gasteiger partial charge is 0.394 e. The summed E-state index contributed by atoms with van der Waals surface area (Å²) in [5.41, 5.74) is 0.596. The second kappa shape index (κ2) is 13.5. The first kappa shape index (κ1) is 18.1. The lowest BCUT2D eigenvalue weighted by molar-refractivity contribution is 0.0951. The fraction of sp³-hybridized carbons (Fsp3) is 1.00. The van der Waals surface area contributed by atoms with E-state index < -0.39 is 9.28 Å². The van der Waals surface area contributed by atoms with Crippen LogP contribution in [0.25, 0.3) is 0 Å². The molecule has 0 heterocycles. The van der Waals surface area contributed by atoms with E-state index >= 15 is 0 Å². The highest BCUT2D eigenvalue weighted by Gasteiger charge is 2.24. The van der Waals surface area contributed by atoms with Crippen LogP contribution in [-0.4, -0.2) is 49.9 Å². The Kier molecular flexibility index (Phi) is 13.5. The first-order chi connectivity index (χ1) is 8.79. The number of unbranched alkanes of at least 4 members (excludes halogenated alkanes) is 1. The Labute approximate surface area is 114 Å². The maximum absolute atomic E-state index is 5.92. The fourth-order valence-corrected chi connectivity index (χ4v) is 4.00. The molecule has 1 unspecified atom stereocenters. The van der Waals surface area contributed by atoms with E-state index in [1.807, 2.05) is 0 Å². The average Bonchev–Trinajstić information content (AvgIpc) is 2.39. The van der Waals surface area contributed by atoms with E-state index in [9.17, 15) is 0 Å². The van der Waals surface area contributed by atoms with E-state index in [4.69, 9.17) is 18.3 Å². The first-order valence-corrected chi connectivity index (χ1v) is 8.62. The Morgan fingerprint density at radius 3 is 1.83 bits per heavy atom. The van der Waals surface area contributed by atoms with Crippen molar-refractivity contribution in [1.82, 2.24) is 0 Å².